The molecule has 98 valence electrons. The van der Waals surface area contributed by atoms with Crippen molar-refractivity contribution < 1.29 is 0 Å². The molecule has 6 nitrogen and oxygen atoms in total. The molecule has 1 atom stereocenters. The first-order valence-electron chi connectivity index (χ1n) is 5.47. The van der Waals surface area contributed by atoms with E-state index in [1.54, 1.807) is 0 Å². The molecule has 2 aromatic rings. The van der Waals surface area contributed by atoms with Crippen LogP contribution >= 0.6 is 27.5 Å². The SMILES string of the molecule is Cc1nnsc1C(Cc1c(Br)c(C)nn1C)NN. The molecule has 0 aromatic carbocycles. The van der Waals surface area contributed by atoms with Gasteiger partial charge in [-0.25, -0.2) is 0 Å². The van der Waals surface area contributed by atoms with E-state index in [9.17, 15) is 0 Å². The number of hydrogen-bond donors (Lipinski definition) is 2. The molecule has 0 amide bonds. The molecule has 0 aliphatic rings. The van der Waals surface area contributed by atoms with Gasteiger partial charge < -0.3 is 0 Å². The van der Waals surface area contributed by atoms with Gasteiger partial charge >= 0.3 is 0 Å². The van der Waals surface area contributed by atoms with Crippen LogP contribution < -0.4 is 11.3 Å². The Morgan fingerprint density at radius 3 is 2.61 bits per heavy atom. The van der Waals surface area contributed by atoms with Gasteiger partial charge in [-0.3, -0.25) is 16.0 Å². The first-order chi connectivity index (χ1) is 8.54. The zero-order valence-corrected chi connectivity index (χ0v) is 12.8. The fraction of sp³-hybridized carbons (Fsp3) is 0.500. The topological polar surface area (TPSA) is 81.7 Å². The maximum absolute atomic E-state index is 5.64. The van der Waals surface area contributed by atoms with Crippen molar-refractivity contribution in [1.82, 2.24) is 24.8 Å². The lowest BCUT2D eigenvalue weighted by Crippen LogP contribution is -2.30. The predicted molar refractivity (Wildman–Crippen MR) is 74.1 cm³/mol. The number of rotatable bonds is 4. The van der Waals surface area contributed by atoms with Crippen LogP contribution in [0.25, 0.3) is 0 Å². The summed E-state index contributed by atoms with van der Waals surface area (Å²) in [5, 5.41) is 8.39. The number of halogens is 1. The van der Waals surface area contributed by atoms with Crippen molar-refractivity contribution in [2.24, 2.45) is 12.9 Å². The maximum Gasteiger partial charge on any atom is 0.0773 e. The number of hydrazine groups is 1. The minimum atomic E-state index is -0.00361. The van der Waals surface area contributed by atoms with Gasteiger partial charge in [0.1, 0.15) is 0 Å². The van der Waals surface area contributed by atoms with Gasteiger partial charge in [-0.05, 0) is 41.3 Å². The van der Waals surface area contributed by atoms with E-state index < -0.39 is 0 Å². The van der Waals surface area contributed by atoms with Crippen LogP contribution in [0.4, 0.5) is 0 Å². The second-order valence-electron chi connectivity index (χ2n) is 4.12. The van der Waals surface area contributed by atoms with Gasteiger partial charge in [0.2, 0.25) is 0 Å². The molecule has 0 spiro atoms. The third kappa shape index (κ3) is 2.46. The molecule has 0 radical (unpaired) electrons. The van der Waals surface area contributed by atoms with E-state index in [0.29, 0.717) is 0 Å². The average molecular weight is 331 g/mol. The molecule has 0 aliphatic heterocycles. The Labute approximate surface area is 118 Å². The van der Waals surface area contributed by atoms with E-state index in [0.717, 1.165) is 32.9 Å². The minimum Gasteiger partial charge on any atom is -0.271 e. The lowest BCUT2D eigenvalue weighted by atomic mass is 10.1. The molecular formula is C10H15BrN6S. The van der Waals surface area contributed by atoms with E-state index in [4.69, 9.17) is 5.84 Å². The van der Waals surface area contributed by atoms with E-state index in [1.165, 1.54) is 11.5 Å². The summed E-state index contributed by atoms with van der Waals surface area (Å²) in [6, 6.07) is -0.00361. The second kappa shape index (κ2) is 5.43. The second-order valence-corrected chi connectivity index (χ2v) is 5.69. The average Bonchev–Trinajstić information content (AvgIpc) is 2.84. The molecule has 8 heteroatoms. The maximum atomic E-state index is 5.64. The largest absolute Gasteiger partial charge is 0.271 e. The van der Waals surface area contributed by atoms with Gasteiger partial charge in [0.25, 0.3) is 0 Å². The number of aryl methyl sites for hydroxylation is 3. The van der Waals surface area contributed by atoms with Crippen LogP contribution in [0, 0.1) is 13.8 Å². The molecule has 0 fully saturated rings. The van der Waals surface area contributed by atoms with E-state index in [-0.39, 0.29) is 6.04 Å². The monoisotopic (exact) mass is 330 g/mol. The number of aromatic nitrogens is 4. The van der Waals surface area contributed by atoms with Crippen LogP contribution in [0.15, 0.2) is 4.47 Å². The highest BCUT2D eigenvalue weighted by Gasteiger charge is 2.20. The molecule has 2 heterocycles. The molecule has 0 aliphatic carbocycles. The Balaban J connectivity index is 2.29. The van der Waals surface area contributed by atoms with Gasteiger partial charge in [-0.2, -0.15) is 5.10 Å². The zero-order valence-electron chi connectivity index (χ0n) is 10.4. The number of nitrogens with zero attached hydrogens (tertiary/aromatic N) is 4. The number of nitrogens with one attached hydrogen (secondary N) is 1. The highest BCUT2D eigenvalue weighted by Crippen LogP contribution is 2.27. The Kier molecular flexibility index (Phi) is 4.10. The van der Waals surface area contributed by atoms with Crippen molar-refractivity contribution in [1.29, 1.82) is 0 Å². The number of nitrogens with two attached hydrogens (primary N) is 1. The van der Waals surface area contributed by atoms with Gasteiger partial charge in [0.05, 0.1) is 32.5 Å². The first kappa shape index (κ1) is 13.6. The van der Waals surface area contributed by atoms with Crippen molar-refractivity contribution in [3.63, 3.8) is 0 Å². The van der Waals surface area contributed by atoms with Crippen LogP contribution in [-0.4, -0.2) is 19.4 Å². The van der Waals surface area contributed by atoms with Crippen LogP contribution in [0.1, 0.15) is 28.0 Å². The summed E-state index contributed by atoms with van der Waals surface area (Å²) < 4.78 is 6.84. The Hall–Kier alpha value is -0.830. The molecule has 0 saturated heterocycles. The van der Waals surface area contributed by atoms with E-state index in [1.807, 2.05) is 25.6 Å². The van der Waals surface area contributed by atoms with Gasteiger partial charge in [-0.1, -0.05) is 4.49 Å². The van der Waals surface area contributed by atoms with Crippen LogP contribution in [-0.2, 0) is 13.5 Å². The molecule has 2 rings (SSSR count). The van der Waals surface area contributed by atoms with Gasteiger partial charge in [0.15, 0.2) is 0 Å². The van der Waals surface area contributed by atoms with Crippen molar-refractivity contribution in [2.75, 3.05) is 0 Å². The van der Waals surface area contributed by atoms with Crippen LogP contribution in [0.3, 0.4) is 0 Å². The summed E-state index contributed by atoms with van der Waals surface area (Å²) in [5.41, 5.74) is 5.82. The van der Waals surface area contributed by atoms with Crippen molar-refractivity contribution >= 4 is 27.5 Å². The predicted octanol–water partition coefficient (Wildman–Crippen LogP) is 1.40. The molecule has 1 unspecified atom stereocenters. The molecule has 0 saturated carbocycles. The third-order valence-corrected chi connectivity index (χ3v) is 4.83. The Morgan fingerprint density at radius 2 is 2.17 bits per heavy atom. The fourth-order valence-electron chi connectivity index (χ4n) is 1.88. The molecular weight excluding hydrogens is 316 g/mol. The third-order valence-electron chi connectivity index (χ3n) is 2.86. The van der Waals surface area contributed by atoms with E-state index >= 15 is 0 Å². The van der Waals surface area contributed by atoms with Crippen molar-refractivity contribution in [3.05, 3.63) is 26.4 Å². The first-order valence-corrected chi connectivity index (χ1v) is 7.04. The van der Waals surface area contributed by atoms with Crippen LogP contribution in [0.5, 0.6) is 0 Å². The fourth-order valence-corrected chi connectivity index (χ4v) is 3.08. The van der Waals surface area contributed by atoms with Crippen molar-refractivity contribution in [3.8, 4) is 0 Å². The Bertz CT molecular complexity index is 549. The van der Waals surface area contributed by atoms with Gasteiger partial charge in [0, 0.05) is 13.5 Å². The van der Waals surface area contributed by atoms with Gasteiger partial charge in [-0.15, -0.1) is 5.10 Å². The zero-order chi connectivity index (χ0) is 13.3. The highest BCUT2D eigenvalue weighted by molar-refractivity contribution is 9.10. The Morgan fingerprint density at radius 1 is 1.44 bits per heavy atom. The van der Waals surface area contributed by atoms with Crippen molar-refractivity contribution in [2.45, 2.75) is 26.3 Å². The minimum absolute atomic E-state index is 0.00361. The lowest BCUT2D eigenvalue weighted by molar-refractivity contribution is 0.533. The van der Waals surface area contributed by atoms with Crippen LogP contribution in [0.2, 0.25) is 0 Å². The highest BCUT2D eigenvalue weighted by atomic mass is 79.9. The van der Waals surface area contributed by atoms with E-state index in [2.05, 4.69) is 36.0 Å². The standard InChI is InChI=1S/C10H15BrN6S/c1-5-9(11)8(17(3)15-5)4-7(13-12)10-6(2)14-16-18-10/h7,13H,4,12H2,1-3H3. The summed E-state index contributed by atoms with van der Waals surface area (Å²) in [6.07, 6.45) is 0.735. The summed E-state index contributed by atoms with van der Waals surface area (Å²) in [5.74, 6) is 5.64. The molecule has 3 N–H and O–H groups in total. The summed E-state index contributed by atoms with van der Waals surface area (Å²) in [6.45, 7) is 3.91. The summed E-state index contributed by atoms with van der Waals surface area (Å²) >= 11 is 4.93. The lowest BCUT2D eigenvalue weighted by Gasteiger charge is -2.14. The quantitative estimate of drug-likeness (QED) is 0.654. The number of hydrogen-bond acceptors (Lipinski definition) is 6. The molecule has 0 bridgehead atoms. The molecule has 2 aromatic heterocycles. The normalized spacial score (nSPS) is 12.9. The summed E-state index contributed by atoms with van der Waals surface area (Å²) in [4.78, 5) is 1.06. The smallest absolute Gasteiger partial charge is 0.0773 e. The molecule has 18 heavy (non-hydrogen) atoms. The summed E-state index contributed by atoms with van der Waals surface area (Å²) in [7, 11) is 1.93.